The standard InChI is InChI=1S/C17H13F6NO/c18-16(19,20)13-9-5-4-8-12(13)10-14(17(21,22)23)24-15(25)11-6-2-1-3-7-11/h1-9,14H,10H2,(H,24,25)/t14-/m1/s1. The Kier molecular flexibility index (Phi) is 5.39. The van der Waals surface area contributed by atoms with Gasteiger partial charge in [0.15, 0.2) is 0 Å². The fraction of sp³-hybridized carbons (Fsp3) is 0.235. The molecular weight excluding hydrogens is 348 g/mol. The molecule has 1 N–H and O–H groups in total. The molecule has 0 spiro atoms. The molecule has 0 aromatic heterocycles. The van der Waals surface area contributed by atoms with Crippen LogP contribution in [-0.2, 0) is 12.6 Å². The highest BCUT2D eigenvalue weighted by Crippen LogP contribution is 2.34. The molecule has 0 aliphatic rings. The second-order valence-electron chi connectivity index (χ2n) is 5.29. The third kappa shape index (κ3) is 4.98. The number of alkyl halides is 6. The Bertz CT molecular complexity index is 724. The fourth-order valence-corrected chi connectivity index (χ4v) is 2.27. The third-order valence-corrected chi connectivity index (χ3v) is 3.48. The van der Waals surface area contributed by atoms with Gasteiger partial charge < -0.3 is 5.32 Å². The van der Waals surface area contributed by atoms with Gasteiger partial charge in [0.05, 0.1) is 5.56 Å². The summed E-state index contributed by atoms with van der Waals surface area (Å²) in [4.78, 5) is 11.9. The molecule has 0 unspecified atom stereocenters. The van der Waals surface area contributed by atoms with E-state index in [0.29, 0.717) is 6.07 Å². The van der Waals surface area contributed by atoms with Gasteiger partial charge >= 0.3 is 12.4 Å². The molecule has 0 saturated carbocycles. The average Bonchev–Trinajstić information content (AvgIpc) is 2.53. The first-order chi connectivity index (χ1) is 11.6. The molecule has 0 aliphatic heterocycles. The van der Waals surface area contributed by atoms with Crippen LogP contribution in [0.3, 0.4) is 0 Å². The molecular formula is C17H13F6NO. The monoisotopic (exact) mass is 361 g/mol. The number of amides is 1. The lowest BCUT2D eigenvalue weighted by Gasteiger charge is -2.23. The Hall–Kier alpha value is -2.51. The van der Waals surface area contributed by atoms with E-state index in [2.05, 4.69) is 0 Å². The highest BCUT2D eigenvalue weighted by atomic mass is 19.4. The molecule has 1 atom stereocenters. The number of benzene rings is 2. The summed E-state index contributed by atoms with van der Waals surface area (Å²) in [5.74, 6) is -1.01. The number of carbonyl (C=O) groups excluding carboxylic acids is 1. The van der Waals surface area contributed by atoms with Crippen molar-refractivity contribution in [2.24, 2.45) is 0 Å². The second-order valence-corrected chi connectivity index (χ2v) is 5.29. The molecule has 0 fully saturated rings. The second kappa shape index (κ2) is 7.16. The molecule has 2 aromatic rings. The zero-order chi connectivity index (χ0) is 18.7. The molecule has 0 radical (unpaired) electrons. The number of hydrogen-bond donors (Lipinski definition) is 1. The summed E-state index contributed by atoms with van der Waals surface area (Å²) in [6.07, 6.45) is -10.7. The first-order valence-electron chi connectivity index (χ1n) is 7.17. The molecule has 1 amide bonds. The topological polar surface area (TPSA) is 29.1 Å². The number of rotatable bonds is 4. The van der Waals surface area contributed by atoms with E-state index in [-0.39, 0.29) is 5.56 Å². The summed E-state index contributed by atoms with van der Waals surface area (Å²) in [7, 11) is 0. The van der Waals surface area contributed by atoms with Crippen molar-refractivity contribution in [3.8, 4) is 0 Å². The van der Waals surface area contributed by atoms with Gasteiger partial charge in [-0.1, -0.05) is 36.4 Å². The van der Waals surface area contributed by atoms with Gasteiger partial charge in [-0.15, -0.1) is 0 Å². The highest BCUT2D eigenvalue weighted by molar-refractivity contribution is 5.94. The maximum absolute atomic E-state index is 13.2. The van der Waals surface area contributed by atoms with Crippen LogP contribution in [0.15, 0.2) is 54.6 Å². The Labute approximate surface area is 139 Å². The summed E-state index contributed by atoms with van der Waals surface area (Å²) >= 11 is 0. The van der Waals surface area contributed by atoms with Gasteiger partial charge in [0.25, 0.3) is 5.91 Å². The van der Waals surface area contributed by atoms with Crippen LogP contribution < -0.4 is 5.32 Å². The first kappa shape index (κ1) is 18.8. The predicted octanol–water partition coefficient (Wildman–Crippen LogP) is 4.61. The smallest absolute Gasteiger partial charge is 0.340 e. The molecule has 2 aromatic carbocycles. The lowest BCUT2D eigenvalue weighted by molar-refractivity contribution is -0.155. The van der Waals surface area contributed by atoms with Gasteiger partial charge in [-0.2, -0.15) is 26.3 Å². The van der Waals surface area contributed by atoms with Crippen molar-refractivity contribution in [1.29, 1.82) is 0 Å². The van der Waals surface area contributed by atoms with Crippen molar-refractivity contribution in [2.75, 3.05) is 0 Å². The van der Waals surface area contributed by atoms with Crippen LogP contribution in [-0.4, -0.2) is 18.1 Å². The van der Waals surface area contributed by atoms with Crippen LogP contribution in [0.4, 0.5) is 26.3 Å². The number of halogens is 6. The van der Waals surface area contributed by atoms with E-state index in [1.54, 1.807) is 11.4 Å². The molecule has 2 rings (SSSR count). The lowest BCUT2D eigenvalue weighted by Crippen LogP contribution is -2.47. The minimum absolute atomic E-state index is 0.0131. The van der Waals surface area contributed by atoms with Crippen LogP contribution in [0.5, 0.6) is 0 Å². The van der Waals surface area contributed by atoms with Gasteiger partial charge in [-0.25, -0.2) is 0 Å². The summed E-state index contributed by atoms with van der Waals surface area (Å²) in [6.45, 7) is 0. The average molecular weight is 361 g/mol. The van der Waals surface area contributed by atoms with Crippen LogP contribution in [0, 0.1) is 0 Å². The lowest BCUT2D eigenvalue weighted by atomic mass is 9.99. The Balaban J connectivity index is 2.27. The van der Waals surface area contributed by atoms with Crippen molar-refractivity contribution >= 4 is 5.91 Å². The van der Waals surface area contributed by atoms with Crippen molar-refractivity contribution in [3.05, 3.63) is 71.3 Å². The van der Waals surface area contributed by atoms with Crippen molar-refractivity contribution < 1.29 is 31.1 Å². The zero-order valence-electron chi connectivity index (χ0n) is 12.7. The first-order valence-corrected chi connectivity index (χ1v) is 7.17. The van der Waals surface area contributed by atoms with Crippen molar-refractivity contribution in [1.82, 2.24) is 5.32 Å². The van der Waals surface area contributed by atoms with Crippen LogP contribution >= 0.6 is 0 Å². The maximum Gasteiger partial charge on any atom is 0.416 e. The van der Waals surface area contributed by atoms with Crippen molar-refractivity contribution in [2.45, 2.75) is 24.8 Å². The number of nitrogens with one attached hydrogen (secondary N) is 1. The number of carbonyl (C=O) groups is 1. The van der Waals surface area contributed by atoms with Gasteiger partial charge in [0.1, 0.15) is 6.04 Å². The van der Waals surface area contributed by atoms with E-state index in [0.717, 1.165) is 12.1 Å². The molecule has 134 valence electrons. The van der Waals surface area contributed by atoms with E-state index in [1.165, 1.54) is 30.3 Å². The molecule has 8 heteroatoms. The Morgan fingerprint density at radius 3 is 2.00 bits per heavy atom. The predicted molar refractivity (Wildman–Crippen MR) is 78.9 cm³/mol. The Morgan fingerprint density at radius 1 is 0.880 bits per heavy atom. The van der Waals surface area contributed by atoms with Crippen LogP contribution in [0.2, 0.25) is 0 Å². The fourth-order valence-electron chi connectivity index (χ4n) is 2.27. The minimum Gasteiger partial charge on any atom is -0.340 e. The minimum atomic E-state index is -4.90. The Morgan fingerprint density at radius 2 is 1.44 bits per heavy atom. The van der Waals surface area contributed by atoms with E-state index in [1.807, 2.05) is 0 Å². The van der Waals surface area contributed by atoms with E-state index in [4.69, 9.17) is 0 Å². The third-order valence-electron chi connectivity index (χ3n) is 3.48. The van der Waals surface area contributed by atoms with Gasteiger partial charge in [0.2, 0.25) is 0 Å². The largest absolute Gasteiger partial charge is 0.416 e. The van der Waals surface area contributed by atoms with Gasteiger partial charge in [-0.05, 0) is 23.8 Å². The van der Waals surface area contributed by atoms with Gasteiger partial charge in [-0.3, -0.25) is 4.79 Å². The van der Waals surface area contributed by atoms with Crippen LogP contribution in [0.25, 0.3) is 0 Å². The molecule has 25 heavy (non-hydrogen) atoms. The molecule has 0 saturated heterocycles. The normalized spacial score (nSPS) is 13.4. The highest BCUT2D eigenvalue weighted by Gasteiger charge is 2.42. The molecule has 0 heterocycles. The summed E-state index contributed by atoms with van der Waals surface area (Å²) in [5, 5.41) is 1.77. The SMILES string of the molecule is O=C(N[C@H](Cc1ccccc1C(F)(F)F)C(F)(F)F)c1ccccc1. The van der Waals surface area contributed by atoms with E-state index < -0.39 is 41.8 Å². The zero-order valence-corrected chi connectivity index (χ0v) is 12.7. The van der Waals surface area contributed by atoms with E-state index in [9.17, 15) is 31.1 Å². The molecule has 0 bridgehead atoms. The summed E-state index contributed by atoms with van der Waals surface area (Å²) in [6, 6.07) is 8.69. The van der Waals surface area contributed by atoms with Gasteiger partial charge in [0, 0.05) is 12.0 Å². The molecule has 0 aliphatic carbocycles. The van der Waals surface area contributed by atoms with E-state index >= 15 is 0 Å². The van der Waals surface area contributed by atoms with Crippen LogP contribution in [0.1, 0.15) is 21.5 Å². The summed E-state index contributed by atoms with van der Waals surface area (Å²) < 4.78 is 78.5. The number of hydrogen-bond acceptors (Lipinski definition) is 1. The van der Waals surface area contributed by atoms with Crippen molar-refractivity contribution in [3.63, 3.8) is 0 Å². The quantitative estimate of drug-likeness (QED) is 0.792. The maximum atomic E-state index is 13.2. The molecule has 2 nitrogen and oxygen atoms in total. The summed E-state index contributed by atoms with van der Waals surface area (Å²) in [5.41, 5.74) is -1.70.